The van der Waals surface area contributed by atoms with E-state index in [1.54, 1.807) is 18.2 Å². The van der Waals surface area contributed by atoms with E-state index in [2.05, 4.69) is 20.7 Å². The SMILES string of the molecule is O=S(=O)(CCCCCl)Nc1cc(Br)ccc1Cl. The number of unbranched alkanes of at least 4 members (excludes halogenated alkanes) is 1. The van der Waals surface area contributed by atoms with Gasteiger partial charge in [-0.1, -0.05) is 27.5 Å². The Bertz CT molecular complexity index is 479. The van der Waals surface area contributed by atoms with E-state index in [4.69, 9.17) is 23.2 Å². The number of rotatable bonds is 6. The summed E-state index contributed by atoms with van der Waals surface area (Å²) < 4.78 is 26.6. The number of benzene rings is 1. The second-order valence-corrected chi connectivity index (χ2v) is 6.98. The standard InChI is InChI=1S/C10H12BrCl2NO2S/c11-8-3-4-9(13)10(7-8)14-17(15,16)6-2-1-5-12/h3-4,7,14H,1-2,5-6H2. The van der Waals surface area contributed by atoms with E-state index in [0.717, 1.165) is 4.47 Å². The molecule has 0 saturated heterocycles. The maximum Gasteiger partial charge on any atom is 0.232 e. The smallest absolute Gasteiger partial charge is 0.232 e. The van der Waals surface area contributed by atoms with E-state index >= 15 is 0 Å². The monoisotopic (exact) mass is 359 g/mol. The summed E-state index contributed by atoms with van der Waals surface area (Å²) in [6, 6.07) is 5.00. The number of halogens is 3. The molecule has 1 aromatic rings. The molecule has 3 nitrogen and oxygen atoms in total. The molecule has 0 atom stereocenters. The van der Waals surface area contributed by atoms with Crippen molar-refractivity contribution in [2.45, 2.75) is 12.8 Å². The molecule has 0 saturated carbocycles. The highest BCUT2D eigenvalue weighted by atomic mass is 79.9. The van der Waals surface area contributed by atoms with Crippen LogP contribution in [0.25, 0.3) is 0 Å². The van der Waals surface area contributed by atoms with Gasteiger partial charge in [0.05, 0.1) is 16.5 Å². The van der Waals surface area contributed by atoms with Crippen LogP contribution in [0.3, 0.4) is 0 Å². The first kappa shape index (κ1) is 15.1. The third-order valence-corrected chi connectivity index (χ3v) is 4.44. The quantitative estimate of drug-likeness (QED) is 0.618. The fraction of sp³-hybridized carbons (Fsp3) is 0.400. The summed E-state index contributed by atoms with van der Waals surface area (Å²) in [5.41, 5.74) is 0.381. The molecule has 0 aliphatic rings. The van der Waals surface area contributed by atoms with Crippen LogP contribution in [0, 0.1) is 0 Å². The lowest BCUT2D eigenvalue weighted by atomic mass is 10.3. The van der Waals surface area contributed by atoms with Gasteiger partial charge in [0, 0.05) is 10.4 Å². The van der Waals surface area contributed by atoms with Crippen LogP contribution in [0.2, 0.25) is 5.02 Å². The number of alkyl halides is 1. The van der Waals surface area contributed by atoms with Gasteiger partial charge < -0.3 is 0 Å². The number of sulfonamides is 1. The van der Waals surface area contributed by atoms with Crippen LogP contribution in [-0.4, -0.2) is 20.1 Å². The van der Waals surface area contributed by atoms with E-state index in [1.165, 1.54) is 0 Å². The summed E-state index contributed by atoms with van der Waals surface area (Å²) in [5, 5.41) is 0.370. The Hall–Kier alpha value is 0.0300. The highest BCUT2D eigenvalue weighted by Gasteiger charge is 2.12. The maximum absolute atomic E-state index is 11.7. The lowest BCUT2D eigenvalue weighted by Gasteiger charge is -2.09. The molecule has 1 N–H and O–H groups in total. The fourth-order valence-corrected chi connectivity index (χ4v) is 3.14. The molecule has 0 aliphatic heterocycles. The molecule has 0 radical (unpaired) electrons. The van der Waals surface area contributed by atoms with Gasteiger partial charge in [0.15, 0.2) is 0 Å². The molecule has 0 unspecified atom stereocenters. The molecule has 0 fully saturated rings. The van der Waals surface area contributed by atoms with Crippen molar-refractivity contribution in [2.24, 2.45) is 0 Å². The van der Waals surface area contributed by atoms with Gasteiger partial charge in [0.2, 0.25) is 10.0 Å². The summed E-state index contributed by atoms with van der Waals surface area (Å²) >= 11 is 14.6. The van der Waals surface area contributed by atoms with Crippen molar-refractivity contribution >= 4 is 54.8 Å². The molecule has 0 spiro atoms. The number of hydrogen-bond donors (Lipinski definition) is 1. The topological polar surface area (TPSA) is 46.2 Å². The van der Waals surface area contributed by atoms with Gasteiger partial charge in [-0.25, -0.2) is 8.42 Å². The van der Waals surface area contributed by atoms with Crippen molar-refractivity contribution in [3.63, 3.8) is 0 Å². The zero-order chi connectivity index (χ0) is 12.9. The first-order valence-electron chi connectivity index (χ1n) is 4.96. The Labute approximate surface area is 120 Å². The minimum atomic E-state index is -3.36. The average molecular weight is 361 g/mol. The summed E-state index contributed by atoms with van der Waals surface area (Å²) in [6.07, 6.45) is 1.21. The summed E-state index contributed by atoms with van der Waals surface area (Å²) in [5.74, 6) is 0.510. The molecule has 96 valence electrons. The molecule has 1 aromatic carbocycles. The highest BCUT2D eigenvalue weighted by molar-refractivity contribution is 9.10. The van der Waals surface area contributed by atoms with Crippen molar-refractivity contribution in [2.75, 3.05) is 16.4 Å². The molecule has 17 heavy (non-hydrogen) atoms. The van der Waals surface area contributed by atoms with Crippen LogP contribution in [0.4, 0.5) is 5.69 Å². The predicted molar refractivity (Wildman–Crippen MR) is 76.5 cm³/mol. The molecule has 1 rings (SSSR count). The third-order valence-electron chi connectivity index (χ3n) is 1.99. The largest absolute Gasteiger partial charge is 0.282 e. The number of hydrogen-bond acceptors (Lipinski definition) is 2. The molecule has 0 amide bonds. The van der Waals surface area contributed by atoms with Gasteiger partial charge in [-0.3, -0.25) is 4.72 Å². The van der Waals surface area contributed by atoms with E-state index in [0.29, 0.717) is 29.4 Å². The molecule has 0 bridgehead atoms. The average Bonchev–Trinajstić information content (AvgIpc) is 2.23. The maximum atomic E-state index is 11.7. The van der Waals surface area contributed by atoms with E-state index in [1.807, 2.05) is 0 Å². The summed E-state index contributed by atoms with van der Waals surface area (Å²) in [6.45, 7) is 0. The zero-order valence-corrected chi connectivity index (χ0v) is 12.8. The van der Waals surface area contributed by atoms with Crippen molar-refractivity contribution in [3.05, 3.63) is 27.7 Å². The van der Waals surface area contributed by atoms with Crippen LogP contribution in [0.1, 0.15) is 12.8 Å². The summed E-state index contributed by atoms with van der Waals surface area (Å²) in [7, 11) is -3.36. The Kier molecular flexibility index (Phi) is 6.06. The van der Waals surface area contributed by atoms with Crippen molar-refractivity contribution < 1.29 is 8.42 Å². The van der Waals surface area contributed by atoms with Crippen LogP contribution in [0.15, 0.2) is 22.7 Å². The van der Waals surface area contributed by atoms with E-state index < -0.39 is 10.0 Å². The fourth-order valence-electron chi connectivity index (χ4n) is 1.18. The Balaban J connectivity index is 2.72. The number of anilines is 1. The molecule has 7 heteroatoms. The van der Waals surface area contributed by atoms with E-state index in [-0.39, 0.29) is 5.75 Å². The molecular formula is C10H12BrCl2NO2S. The Morgan fingerprint density at radius 2 is 2.00 bits per heavy atom. The molecule has 0 aliphatic carbocycles. The first-order valence-corrected chi connectivity index (χ1v) is 8.32. The van der Waals surface area contributed by atoms with Gasteiger partial charge >= 0.3 is 0 Å². The minimum Gasteiger partial charge on any atom is -0.282 e. The van der Waals surface area contributed by atoms with Gasteiger partial charge in [-0.2, -0.15) is 0 Å². The van der Waals surface area contributed by atoms with E-state index in [9.17, 15) is 8.42 Å². The van der Waals surface area contributed by atoms with Crippen LogP contribution in [0.5, 0.6) is 0 Å². The highest BCUT2D eigenvalue weighted by Crippen LogP contribution is 2.26. The van der Waals surface area contributed by atoms with Gasteiger partial charge in [0.25, 0.3) is 0 Å². The third kappa shape index (κ3) is 5.46. The van der Waals surface area contributed by atoms with Crippen molar-refractivity contribution in [3.8, 4) is 0 Å². The Morgan fingerprint density at radius 1 is 1.29 bits per heavy atom. The van der Waals surface area contributed by atoms with Crippen molar-refractivity contribution in [1.82, 2.24) is 0 Å². The normalized spacial score (nSPS) is 11.5. The van der Waals surface area contributed by atoms with Crippen molar-refractivity contribution in [1.29, 1.82) is 0 Å². The Morgan fingerprint density at radius 3 is 2.65 bits per heavy atom. The zero-order valence-electron chi connectivity index (χ0n) is 8.92. The lowest BCUT2D eigenvalue weighted by Crippen LogP contribution is -2.17. The molecule has 0 aromatic heterocycles. The predicted octanol–water partition coefficient (Wildman–Crippen LogP) is 3.86. The first-order chi connectivity index (χ1) is 7.94. The van der Waals surface area contributed by atoms with Gasteiger partial charge in [-0.15, -0.1) is 11.6 Å². The van der Waals surface area contributed by atoms with Crippen LogP contribution >= 0.6 is 39.1 Å². The number of nitrogens with one attached hydrogen (secondary N) is 1. The second kappa shape index (κ2) is 6.83. The van der Waals surface area contributed by atoms with Crippen LogP contribution in [-0.2, 0) is 10.0 Å². The lowest BCUT2D eigenvalue weighted by molar-refractivity contribution is 0.598. The molecule has 0 heterocycles. The van der Waals surface area contributed by atoms with Gasteiger partial charge in [-0.05, 0) is 31.0 Å². The van der Waals surface area contributed by atoms with Gasteiger partial charge in [0.1, 0.15) is 0 Å². The van der Waals surface area contributed by atoms with Crippen LogP contribution < -0.4 is 4.72 Å². The second-order valence-electron chi connectivity index (χ2n) is 3.44. The summed E-state index contributed by atoms with van der Waals surface area (Å²) in [4.78, 5) is 0. The molecular weight excluding hydrogens is 349 g/mol. The minimum absolute atomic E-state index is 0.0442.